The van der Waals surface area contributed by atoms with E-state index in [1.54, 1.807) is 5.57 Å². The number of allylic oxidation sites excluding steroid dienone is 4. The van der Waals surface area contributed by atoms with E-state index in [4.69, 9.17) is 0 Å². The predicted molar refractivity (Wildman–Crippen MR) is 134 cm³/mol. The molecule has 0 aliphatic heterocycles. The smallest absolute Gasteiger partial charge is 0.0809 e. The van der Waals surface area contributed by atoms with Gasteiger partial charge in [0, 0.05) is 0 Å². The Balaban J connectivity index is 0.000000461. The zero-order chi connectivity index (χ0) is 23.1. The third kappa shape index (κ3) is 10.3. The van der Waals surface area contributed by atoms with Crippen molar-refractivity contribution in [2.24, 2.45) is 10.8 Å². The quantitative estimate of drug-likeness (QED) is 0.403. The summed E-state index contributed by atoms with van der Waals surface area (Å²) in [7, 11) is 0. The maximum atomic E-state index is 3.34. The van der Waals surface area contributed by atoms with E-state index in [9.17, 15) is 0 Å². The molecule has 176 valence electrons. The molecule has 33 heavy (non-hydrogen) atoms. The Hall–Kier alpha value is -1.14. The molecular formula is C30H36Cl2Zr-2. The first kappa shape index (κ1) is 31.9. The van der Waals surface area contributed by atoms with Crippen LogP contribution in [0.4, 0.5) is 0 Å². The van der Waals surface area contributed by atoms with Gasteiger partial charge in [0.1, 0.15) is 0 Å². The molecule has 0 radical (unpaired) electrons. The Morgan fingerprint density at radius 3 is 1.85 bits per heavy atom. The van der Waals surface area contributed by atoms with Gasteiger partial charge in [0.05, 0.1) is 0 Å². The molecule has 0 nitrogen and oxygen atoms in total. The molecule has 0 fully saturated rings. The molecule has 1 aliphatic carbocycles. The van der Waals surface area contributed by atoms with Gasteiger partial charge < -0.3 is 24.8 Å². The van der Waals surface area contributed by atoms with Crippen molar-refractivity contribution >= 4 is 14.0 Å². The van der Waals surface area contributed by atoms with Crippen molar-refractivity contribution in [1.29, 1.82) is 0 Å². The number of hydrogen-bond donors (Lipinski definition) is 0. The molecular weight excluding hydrogens is 522 g/mol. The molecule has 4 rings (SSSR count). The summed E-state index contributed by atoms with van der Waals surface area (Å²) in [6, 6.07) is 25.1. The number of hydrogen-bond acceptors (Lipinski definition) is 0. The summed E-state index contributed by atoms with van der Waals surface area (Å²) >= 11 is 1.51. The molecule has 0 spiro atoms. The summed E-state index contributed by atoms with van der Waals surface area (Å²) < 4.78 is 1.46. The molecule has 0 saturated carbocycles. The molecule has 0 aromatic heterocycles. The number of fused-ring (bicyclic) bond motifs is 1. The number of halogens is 2. The molecule has 0 atom stereocenters. The summed E-state index contributed by atoms with van der Waals surface area (Å²) in [5.74, 6) is 0. The van der Waals surface area contributed by atoms with E-state index in [0.717, 1.165) is 6.42 Å². The average molecular weight is 559 g/mol. The molecule has 3 heteroatoms. The van der Waals surface area contributed by atoms with E-state index in [1.165, 1.54) is 49.4 Å². The van der Waals surface area contributed by atoms with Crippen molar-refractivity contribution in [3.05, 3.63) is 102 Å². The summed E-state index contributed by atoms with van der Waals surface area (Å²) in [5.41, 5.74) is 4.98. The Kier molecular flexibility index (Phi) is 13.8. The van der Waals surface area contributed by atoms with Crippen molar-refractivity contribution in [2.75, 3.05) is 0 Å². The maximum Gasteiger partial charge on any atom is -0.0809 e. The first-order chi connectivity index (χ1) is 14.5. The molecule has 0 unspecified atom stereocenters. The standard InChI is InChI=1S/C13H21.C9H7.C8H8.2ClH.Zr/c1-12(2,3)10-8-7-9-11(10)13(4,5)6;1-2-5-9-7-3-6-8(9)4-1;1-2-8-6-4-3-5-7-8;;;/h8H,9H2,1-6H3;1-7H;3-7H,1H3;2*1H;/q2*-1;;;;+2/p-2. The fourth-order valence-electron chi connectivity index (χ4n) is 3.53. The van der Waals surface area contributed by atoms with Crippen molar-refractivity contribution in [2.45, 2.75) is 54.9 Å². The topological polar surface area (TPSA) is 0 Å². The predicted octanol–water partition coefficient (Wildman–Crippen LogP) is 2.48. The molecule has 0 heterocycles. The summed E-state index contributed by atoms with van der Waals surface area (Å²) in [4.78, 5) is 0. The second-order valence-corrected chi connectivity index (χ2v) is 11.9. The van der Waals surface area contributed by atoms with Crippen molar-refractivity contribution in [3.8, 4) is 0 Å². The van der Waals surface area contributed by atoms with Crippen molar-refractivity contribution < 1.29 is 49.0 Å². The van der Waals surface area contributed by atoms with Crippen LogP contribution in [-0.2, 0) is 24.2 Å². The van der Waals surface area contributed by atoms with Crippen LogP contribution in [0.1, 0.15) is 60.5 Å². The SMILES string of the molecule is CC(C)(C)C1=C(C(C)(C)C)C[C-]=C1.C[C](=[Zr+2])c1ccccc1.[Cl-].[Cl-].c1ccc2[cH-]ccc2c1. The maximum absolute atomic E-state index is 3.34. The molecule has 0 saturated heterocycles. The van der Waals surface area contributed by atoms with Crippen LogP contribution in [0.5, 0.6) is 0 Å². The third-order valence-electron chi connectivity index (χ3n) is 5.32. The van der Waals surface area contributed by atoms with Gasteiger partial charge in [-0.2, -0.15) is 28.7 Å². The van der Waals surface area contributed by atoms with Crippen LogP contribution in [0.3, 0.4) is 0 Å². The Labute approximate surface area is 229 Å². The molecule has 0 N–H and O–H groups in total. The minimum atomic E-state index is 0. The van der Waals surface area contributed by atoms with Crippen LogP contribution in [0.25, 0.3) is 10.8 Å². The Morgan fingerprint density at radius 1 is 0.818 bits per heavy atom. The van der Waals surface area contributed by atoms with Crippen LogP contribution in [0.15, 0.2) is 90.0 Å². The van der Waals surface area contributed by atoms with Crippen LogP contribution < -0.4 is 24.8 Å². The zero-order valence-electron chi connectivity index (χ0n) is 21.0. The van der Waals surface area contributed by atoms with Crippen LogP contribution in [-0.4, -0.2) is 3.21 Å². The van der Waals surface area contributed by atoms with Gasteiger partial charge in [0.25, 0.3) is 0 Å². The largest absolute Gasteiger partial charge is 1.00 e. The van der Waals surface area contributed by atoms with E-state index in [-0.39, 0.29) is 30.2 Å². The molecule has 1 aliphatic rings. The van der Waals surface area contributed by atoms with E-state index in [1.807, 2.05) is 6.07 Å². The number of benzene rings is 2. The van der Waals surface area contributed by atoms with Crippen LogP contribution in [0, 0.1) is 16.9 Å². The second kappa shape index (κ2) is 14.3. The van der Waals surface area contributed by atoms with E-state index in [2.05, 4.69) is 127 Å². The van der Waals surface area contributed by atoms with Crippen molar-refractivity contribution in [1.82, 2.24) is 0 Å². The number of rotatable bonds is 1. The van der Waals surface area contributed by atoms with Crippen LogP contribution in [0.2, 0.25) is 0 Å². The van der Waals surface area contributed by atoms with Gasteiger partial charge in [0.15, 0.2) is 0 Å². The molecule has 0 amide bonds. The van der Waals surface area contributed by atoms with E-state index < -0.39 is 0 Å². The molecule has 3 aromatic carbocycles. The summed E-state index contributed by atoms with van der Waals surface area (Å²) in [6.07, 6.45) is 6.54. The van der Waals surface area contributed by atoms with Gasteiger partial charge in [-0.25, -0.2) is 6.08 Å². The van der Waals surface area contributed by atoms with E-state index in [0.29, 0.717) is 5.41 Å². The second-order valence-electron chi connectivity index (χ2n) is 10.1. The fourth-order valence-corrected chi connectivity index (χ4v) is 3.94. The molecule has 0 bridgehead atoms. The summed E-state index contributed by atoms with van der Waals surface area (Å²) in [6.45, 7) is 15.8. The van der Waals surface area contributed by atoms with Crippen molar-refractivity contribution in [3.63, 3.8) is 0 Å². The summed E-state index contributed by atoms with van der Waals surface area (Å²) in [5, 5.41) is 2.66. The van der Waals surface area contributed by atoms with Gasteiger partial charge >= 0.3 is 70.3 Å². The van der Waals surface area contributed by atoms with E-state index >= 15 is 0 Å². The molecule has 3 aromatic rings. The Bertz CT molecular complexity index is 1010. The van der Waals surface area contributed by atoms with Gasteiger partial charge in [-0.15, -0.1) is 36.1 Å². The third-order valence-corrected chi connectivity index (χ3v) is 6.03. The van der Waals surface area contributed by atoms with Gasteiger partial charge in [-0.1, -0.05) is 53.0 Å². The minimum absolute atomic E-state index is 0. The van der Waals surface area contributed by atoms with Gasteiger partial charge in [-0.05, 0) is 5.41 Å². The fraction of sp³-hybridized carbons (Fsp3) is 0.333. The van der Waals surface area contributed by atoms with Crippen LogP contribution >= 0.6 is 0 Å². The average Bonchev–Trinajstić information content (AvgIpc) is 3.39. The normalized spacial score (nSPS) is 12.6. The van der Waals surface area contributed by atoms with Gasteiger partial charge in [0.2, 0.25) is 0 Å². The zero-order valence-corrected chi connectivity index (χ0v) is 24.9. The minimum Gasteiger partial charge on any atom is -1.00 e. The monoisotopic (exact) mass is 556 g/mol. The first-order valence-electron chi connectivity index (χ1n) is 11.0. The Morgan fingerprint density at radius 2 is 1.39 bits per heavy atom. The first-order valence-corrected chi connectivity index (χ1v) is 12.2. The van der Waals surface area contributed by atoms with Gasteiger partial charge in [-0.3, -0.25) is 6.08 Å².